The molecule has 0 bridgehead atoms. The second-order valence-electron chi connectivity index (χ2n) is 6.57. The molecular weight excluding hydrogens is 352 g/mol. The molecule has 1 amide bonds. The molecule has 0 aliphatic heterocycles. The van der Waals surface area contributed by atoms with Gasteiger partial charge in [0.2, 0.25) is 0 Å². The van der Waals surface area contributed by atoms with Crippen molar-refractivity contribution in [1.29, 1.82) is 0 Å². The third-order valence-corrected chi connectivity index (χ3v) is 4.65. The zero-order chi connectivity index (χ0) is 19.5. The molecule has 6 nitrogen and oxygen atoms in total. The number of nitrogens with zero attached hydrogens (tertiary/aromatic N) is 3. The number of amides is 1. The third-order valence-electron chi connectivity index (χ3n) is 4.65. The number of carbonyl (C=O) groups is 1. The van der Waals surface area contributed by atoms with Crippen LogP contribution < -0.4 is 5.32 Å². The van der Waals surface area contributed by atoms with Crippen LogP contribution in [-0.4, -0.2) is 20.8 Å². The summed E-state index contributed by atoms with van der Waals surface area (Å²) < 4.78 is 7.16. The summed E-state index contributed by atoms with van der Waals surface area (Å²) in [4.78, 5) is 12.6. The minimum Gasteiger partial charge on any atom is -0.356 e. The zero-order valence-electron chi connectivity index (χ0n) is 15.7. The van der Waals surface area contributed by atoms with Crippen LogP contribution >= 0.6 is 0 Å². The maximum atomic E-state index is 12.6. The predicted octanol–water partition coefficient (Wildman–Crippen LogP) is 4.07. The Morgan fingerprint density at radius 2 is 1.82 bits per heavy atom. The van der Waals surface area contributed by atoms with E-state index in [1.165, 1.54) is 0 Å². The molecule has 0 radical (unpaired) electrons. The van der Waals surface area contributed by atoms with Gasteiger partial charge in [0.1, 0.15) is 5.69 Å². The van der Waals surface area contributed by atoms with E-state index in [9.17, 15) is 4.79 Å². The van der Waals surface area contributed by atoms with Gasteiger partial charge in [0, 0.05) is 11.6 Å². The molecule has 0 spiro atoms. The molecule has 0 atom stereocenters. The molecule has 140 valence electrons. The van der Waals surface area contributed by atoms with E-state index >= 15 is 0 Å². The number of aryl methyl sites for hydroxylation is 1. The first-order valence-corrected chi connectivity index (χ1v) is 9.03. The predicted molar refractivity (Wildman–Crippen MR) is 106 cm³/mol. The van der Waals surface area contributed by atoms with E-state index in [1.807, 2.05) is 74.5 Å². The SMILES string of the molecule is Cc1ccccc1-n1ncc(C(=O)NCc2cc(-c3ccccc3)on2)c1C. The van der Waals surface area contributed by atoms with E-state index in [0.717, 1.165) is 22.5 Å². The van der Waals surface area contributed by atoms with Crippen LogP contribution in [-0.2, 0) is 6.54 Å². The number of aromatic nitrogens is 3. The van der Waals surface area contributed by atoms with Gasteiger partial charge in [-0.1, -0.05) is 53.7 Å². The molecule has 2 aromatic carbocycles. The lowest BCUT2D eigenvalue weighted by atomic mass is 10.1. The average molecular weight is 372 g/mol. The van der Waals surface area contributed by atoms with Gasteiger partial charge in [0.05, 0.1) is 29.7 Å². The lowest BCUT2D eigenvalue weighted by Gasteiger charge is -2.08. The molecule has 0 aliphatic rings. The molecule has 28 heavy (non-hydrogen) atoms. The van der Waals surface area contributed by atoms with Crippen LogP contribution in [0.1, 0.15) is 27.3 Å². The van der Waals surface area contributed by atoms with Gasteiger partial charge < -0.3 is 9.84 Å². The number of nitrogens with one attached hydrogen (secondary N) is 1. The molecule has 0 fully saturated rings. The minimum atomic E-state index is -0.193. The summed E-state index contributed by atoms with van der Waals surface area (Å²) in [6.07, 6.45) is 1.59. The van der Waals surface area contributed by atoms with Crippen molar-refractivity contribution < 1.29 is 9.32 Å². The summed E-state index contributed by atoms with van der Waals surface area (Å²) in [6.45, 7) is 4.19. The quantitative estimate of drug-likeness (QED) is 0.573. The Hall–Kier alpha value is -3.67. The number of carbonyl (C=O) groups excluding carboxylic acids is 1. The van der Waals surface area contributed by atoms with Crippen LogP contribution in [0.3, 0.4) is 0 Å². The first kappa shape index (κ1) is 17.7. The fourth-order valence-corrected chi connectivity index (χ4v) is 3.08. The largest absolute Gasteiger partial charge is 0.356 e. The number of rotatable bonds is 5. The lowest BCUT2D eigenvalue weighted by Crippen LogP contribution is -2.23. The second-order valence-corrected chi connectivity index (χ2v) is 6.57. The minimum absolute atomic E-state index is 0.193. The van der Waals surface area contributed by atoms with E-state index in [0.29, 0.717) is 17.0 Å². The Kier molecular flexibility index (Phi) is 4.76. The number of hydrogen-bond donors (Lipinski definition) is 1. The molecule has 6 heteroatoms. The number of benzene rings is 2. The topological polar surface area (TPSA) is 73.0 Å². The van der Waals surface area contributed by atoms with Crippen LogP contribution in [0.15, 0.2) is 71.4 Å². The highest BCUT2D eigenvalue weighted by Crippen LogP contribution is 2.20. The Morgan fingerprint density at radius 1 is 1.07 bits per heavy atom. The van der Waals surface area contributed by atoms with Crippen molar-refractivity contribution in [2.45, 2.75) is 20.4 Å². The maximum Gasteiger partial charge on any atom is 0.255 e. The summed E-state index contributed by atoms with van der Waals surface area (Å²) in [5, 5.41) is 11.3. The summed E-state index contributed by atoms with van der Waals surface area (Å²) >= 11 is 0. The molecule has 4 rings (SSSR count). The van der Waals surface area contributed by atoms with E-state index in [-0.39, 0.29) is 12.5 Å². The fraction of sp³-hybridized carbons (Fsp3) is 0.136. The molecule has 0 saturated carbocycles. The highest BCUT2D eigenvalue weighted by Gasteiger charge is 2.16. The Morgan fingerprint density at radius 3 is 2.61 bits per heavy atom. The van der Waals surface area contributed by atoms with Gasteiger partial charge in [0.25, 0.3) is 5.91 Å². The number of para-hydroxylation sites is 1. The average Bonchev–Trinajstić information content (AvgIpc) is 3.34. The van der Waals surface area contributed by atoms with Crippen molar-refractivity contribution in [3.63, 3.8) is 0 Å². The molecule has 0 saturated heterocycles. The molecule has 0 unspecified atom stereocenters. The first-order valence-electron chi connectivity index (χ1n) is 9.03. The third kappa shape index (κ3) is 3.44. The van der Waals surface area contributed by atoms with Gasteiger partial charge >= 0.3 is 0 Å². The monoisotopic (exact) mass is 372 g/mol. The molecular formula is C22H20N4O2. The van der Waals surface area contributed by atoms with Crippen LogP contribution in [0.2, 0.25) is 0 Å². The van der Waals surface area contributed by atoms with E-state index in [4.69, 9.17) is 4.52 Å². The van der Waals surface area contributed by atoms with Gasteiger partial charge in [0.15, 0.2) is 5.76 Å². The second kappa shape index (κ2) is 7.52. The normalized spacial score (nSPS) is 10.8. The van der Waals surface area contributed by atoms with Gasteiger partial charge in [-0.3, -0.25) is 4.79 Å². The zero-order valence-corrected chi connectivity index (χ0v) is 15.7. The molecule has 2 heterocycles. The summed E-state index contributed by atoms with van der Waals surface area (Å²) in [6, 6.07) is 19.5. The standard InChI is InChI=1S/C22H20N4O2/c1-15-8-6-7-11-20(15)26-16(2)19(14-24-26)22(27)23-13-18-12-21(28-25-18)17-9-4-3-5-10-17/h3-12,14H,13H2,1-2H3,(H,23,27). The highest BCUT2D eigenvalue weighted by molar-refractivity contribution is 5.95. The fourth-order valence-electron chi connectivity index (χ4n) is 3.08. The molecule has 4 aromatic rings. The van der Waals surface area contributed by atoms with Crippen molar-refractivity contribution in [3.05, 3.63) is 89.4 Å². The smallest absolute Gasteiger partial charge is 0.255 e. The van der Waals surface area contributed by atoms with Crippen molar-refractivity contribution >= 4 is 5.91 Å². The summed E-state index contributed by atoms with van der Waals surface area (Å²) in [5.74, 6) is 0.481. The first-order chi connectivity index (χ1) is 13.6. The number of hydrogen-bond acceptors (Lipinski definition) is 4. The van der Waals surface area contributed by atoms with Crippen LogP contribution in [0.4, 0.5) is 0 Å². The summed E-state index contributed by atoms with van der Waals surface area (Å²) in [7, 11) is 0. The van der Waals surface area contributed by atoms with Gasteiger partial charge in [-0.15, -0.1) is 0 Å². The van der Waals surface area contributed by atoms with Crippen molar-refractivity contribution in [2.24, 2.45) is 0 Å². The molecule has 2 aromatic heterocycles. The van der Waals surface area contributed by atoms with Crippen LogP contribution in [0.25, 0.3) is 17.0 Å². The van der Waals surface area contributed by atoms with E-state index < -0.39 is 0 Å². The molecule has 0 aliphatic carbocycles. The van der Waals surface area contributed by atoms with Crippen molar-refractivity contribution in [3.8, 4) is 17.0 Å². The van der Waals surface area contributed by atoms with Gasteiger partial charge in [-0.25, -0.2) is 4.68 Å². The lowest BCUT2D eigenvalue weighted by molar-refractivity contribution is 0.0949. The van der Waals surface area contributed by atoms with Crippen LogP contribution in [0.5, 0.6) is 0 Å². The van der Waals surface area contributed by atoms with E-state index in [1.54, 1.807) is 10.9 Å². The van der Waals surface area contributed by atoms with Crippen molar-refractivity contribution in [1.82, 2.24) is 20.3 Å². The molecule has 1 N–H and O–H groups in total. The van der Waals surface area contributed by atoms with Crippen LogP contribution in [0, 0.1) is 13.8 Å². The Balaban J connectivity index is 1.47. The Bertz CT molecular complexity index is 1110. The van der Waals surface area contributed by atoms with E-state index in [2.05, 4.69) is 15.6 Å². The van der Waals surface area contributed by atoms with Gasteiger partial charge in [-0.2, -0.15) is 5.10 Å². The Labute approximate surface area is 162 Å². The highest BCUT2D eigenvalue weighted by atomic mass is 16.5. The van der Waals surface area contributed by atoms with Crippen molar-refractivity contribution in [2.75, 3.05) is 0 Å². The van der Waals surface area contributed by atoms with Gasteiger partial charge in [-0.05, 0) is 25.5 Å². The summed E-state index contributed by atoms with van der Waals surface area (Å²) in [5.41, 5.74) is 4.99. The maximum absolute atomic E-state index is 12.6.